The molecule has 0 aliphatic heterocycles. The molecule has 0 aliphatic rings. The number of para-hydroxylation sites is 2. The van der Waals surface area contributed by atoms with E-state index in [9.17, 15) is 9.18 Å². The minimum Gasteiger partial charge on any atom is -0.490 e. The van der Waals surface area contributed by atoms with E-state index >= 15 is 0 Å². The van der Waals surface area contributed by atoms with E-state index in [2.05, 4.69) is 5.32 Å². The van der Waals surface area contributed by atoms with E-state index in [1.54, 1.807) is 25.1 Å². The highest BCUT2D eigenvalue weighted by atomic mass is 35.5. The maximum absolute atomic E-state index is 13.1. The predicted octanol–water partition coefficient (Wildman–Crippen LogP) is 4.28. The number of nitrogens with one attached hydrogen (secondary N) is 1. The van der Waals surface area contributed by atoms with Gasteiger partial charge in [-0.1, -0.05) is 23.7 Å². The molecule has 0 aliphatic carbocycles. The molecule has 0 fully saturated rings. The number of rotatable bonds is 6. The SMILES string of the molecule is CCOc1ccccc1OC(C)C(=O)Nc1ccc(F)c(Cl)c1. The van der Waals surface area contributed by atoms with E-state index in [1.165, 1.54) is 18.2 Å². The summed E-state index contributed by atoms with van der Waals surface area (Å²) >= 11 is 5.69. The van der Waals surface area contributed by atoms with Gasteiger partial charge in [0.1, 0.15) is 5.82 Å². The predicted molar refractivity (Wildman–Crippen MR) is 87.7 cm³/mol. The summed E-state index contributed by atoms with van der Waals surface area (Å²) in [5.74, 6) is 0.132. The van der Waals surface area contributed by atoms with Crippen molar-refractivity contribution >= 4 is 23.2 Å². The van der Waals surface area contributed by atoms with Crippen LogP contribution in [0, 0.1) is 5.82 Å². The molecule has 0 aromatic heterocycles. The van der Waals surface area contributed by atoms with Crippen LogP contribution in [0.4, 0.5) is 10.1 Å². The Balaban J connectivity index is 2.04. The lowest BCUT2D eigenvalue weighted by Crippen LogP contribution is -2.30. The van der Waals surface area contributed by atoms with Gasteiger partial charge in [-0.15, -0.1) is 0 Å². The monoisotopic (exact) mass is 337 g/mol. The Morgan fingerprint density at radius 2 is 1.96 bits per heavy atom. The first kappa shape index (κ1) is 17.1. The van der Waals surface area contributed by atoms with Crippen LogP contribution < -0.4 is 14.8 Å². The standard InChI is InChI=1S/C17H17ClFNO3/c1-3-22-15-6-4-5-7-16(15)23-11(2)17(21)20-12-8-9-14(19)13(18)10-12/h4-11H,3H2,1-2H3,(H,20,21). The number of carbonyl (C=O) groups excluding carboxylic acids is 1. The number of halogens is 2. The van der Waals surface area contributed by atoms with E-state index in [1.807, 2.05) is 13.0 Å². The van der Waals surface area contributed by atoms with Crippen molar-refractivity contribution in [2.75, 3.05) is 11.9 Å². The molecule has 1 N–H and O–H groups in total. The summed E-state index contributed by atoms with van der Waals surface area (Å²) in [6.07, 6.45) is -0.763. The lowest BCUT2D eigenvalue weighted by atomic mass is 10.2. The summed E-state index contributed by atoms with van der Waals surface area (Å²) in [5.41, 5.74) is 0.398. The molecular formula is C17H17ClFNO3. The van der Waals surface area contributed by atoms with Gasteiger partial charge in [-0.2, -0.15) is 0 Å². The van der Waals surface area contributed by atoms with Gasteiger partial charge in [0, 0.05) is 5.69 Å². The molecule has 1 unspecified atom stereocenters. The molecule has 0 heterocycles. The van der Waals surface area contributed by atoms with Crippen LogP contribution in [0.25, 0.3) is 0 Å². The van der Waals surface area contributed by atoms with Crippen LogP contribution >= 0.6 is 11.6 Å². The molecule has 2 aromatic carbocycles. The van der Waals surface area contributed by atoms with E-state index in [-0.39, 0.29) is 10.9 Å². The molecule has 6 heteroatoms. The molecule has 0 spiro atoms. The third-order valence-corrected chi connectivity index (χ3v) is 3.30. The largest absolute Gasteiger partial charge is 0.490 e. The topological polar surface area (TPSA) is 47.6 Å². The van der Waals surface area contributed by atoms with Gasteiger partial charge >= 0.3 is 0 Å². The van der Waals surface area contributed by atoms with Crippen LogP contribution in [-0.2, 0) is 4.79 Å². The zero-order chi connectivity index (χ0) is 16.8. The van der Waals surface area contributed by atoms with E-state index < -0.39 is 11.9 Å². The number of ether oxygens (including phenoxy) is 2. The van der Waals surface area contributed by atoms with Gasteiger partial charge in [0.25, 0.3) is 5.91 Å². The summed E-state index contributed by atoms with van der Waals surface area (Å²) in [4.78, 5) is 12.2. The number of hydrogen-bond donors (Lipinski definition) is 1. The summed E-state index contributed by atoms with van der Waals surface area (Å²) in [6.45, 7) is 3.98. The highest BCUT2D eigenvalue weighted by Crippen LogP contribution is 2.27. The molecule has 1 atom stereocenters. The molecular weight excluding hydrogens is 321 g/mol. The maximum Gasteiger partial charge on any atom is 0.265 e. The average Bonchev–Trinajstić information content (AvgIpc) is 2.53. The third kappa shape index (κ3) is 4.60. The number of benzene rings is 2. The smallest absolute Gasteiger partial charge is 0.265 e. The summed E-state index contributed by atoms with van der Waals surface area (Å²) in [7, 11) is 0. The highest BCUT2D eigenvalue weighted by molar-refractivity contribution is 6.31. The van der Waals surface area contributed by atoms with Crippen molar-refractivity contribution in [1.29, 1.82) is 0 Å². The first-order valence-corrected chi connectivity index (χ1v) is 7.53. The number of hydrogen-bond acceptors (Lipinski definition) is 3. The van der Waals surface area contributed by atoms with Crippen LogP contribution in [0.3, 0.4) is 0 Å². The van der Waals surface area contributed by atoms with Crippen molar-refractivity contribution in [3.05, 3.63) is 53.3 Å². The first-order valence-electron chi connectivity index (χ1n) is 7.15. The van der Waals surface area contributed by atoms with Crippen LogP contribution in [0.1, 0.15) is 13.8 Å². The Bertz CT molecular complexity index is 693. The third-order valence-electron chi connectivity index (χ3n) is 3.01. The maximum atomic E-state index is 13.1. The van der Waals surface area contributed by atoms with Crippen molar-refractivity contribution < 1.29 is 18.7 Å². The Morgan fingerprint density at radius 1 is 1.26 bits per heavy atom. The summed E-state index contributed by atoms with van der Waals surface area (Å²) < 4.78 is 24.2. The van der Waals surface area contributed by atoms with Crippen LogP contribution in [0.15, 0.2) is 42.5 Å². The molecule has 4 nitrogen and oxygen atoms in total. The Hall–Kier alpha value is -2.27. The number of carbonyl (C=O) groups is 1. The fourth-order valence-corrected chi connectivity index (χ4v) is 2.06. The fraction of sp³-hybridized carbons (Fsp3) is 0.235. The van der Waals surface area contributed by atoms with E-state index in [4.69, 9.17) is 21.1 Å². The highest BCUT2D eigenvalue weighted by Gasteiger charge is 2.17. The average molecular weight is 338 g/mol. The molecule has 2 rings (SSSR count). The van der Waals surface area contributed by atoms with Crippen molar-refractivity contribution in [2.24, 2.45) is 0 Å². The number of anilines is 1. The lowest BCUT2D eigenvalue weighted by molar-refractivity contribution is -0.122. The van der Waals surface area contributed by atoms with Gasteiger partial charge in [0.15, 0.2) is 17.6 Å². The van der Waals surface area contributed by atoms with Crippen molar-refractivity contribution in [2.45, 2.75) is 20.0 Å². The van der Waals surface area contributed by atoms with E-state index in [0.29, 0.717) is 23.8 Å². The van der Waals surface area contributed by atoms with Crippen LogP contribution in [0.2, 0.25) is 5.02 Å². The van der Waals surface area contributed by atoms with Gasteiger partial charge in [-0.25, -0.2) is 4.39 Å². The van der Waals surface area contributed by atoms with Crippen molar-refractivity contribution in [1.82, 2.24) is 0 Å². The minimum absolute atomic E-state index is 0.0573. The molecule has 1 amide bonds. The lowest BCUT2D eigenvalue weighted by Gasteiger charge is -2.17. The van der Waals surface area contributed by atoms with Crippen molar-refractivity contribution in [3.63, 3.8) is 0 Å². The molecule has 23 heavy (non-hydrogen) atoms. The Kier molecular flexibility index (Phi) is 5.82. The Labute approximate surface area is 139 Å². The van der Waals surface area contributed by atoms with E-state index in [0.717, 1.165) is 0 Å². The van der Waals surface area contributed by atoms with Crippen molar-refractivity contribution in [3.8, 4) is 11.5 Å². The quantitative estimate of drug-likeness (QED) is 0.855. The Morgan fingerprint density at radius 3 is 2.61 bits per heavy atom. The minimum atomic E-state index is -0.763. The molecule has 0 bridgehead atoms. The zero-order valence-corrected chi connectivity index (χ0v) is 13.6. The first-order chi connectivity index (χ1) is 11.0. The van der Waals surface area contributed by atoms with Gasteiger partial charge in [0.05, 0.1) is 11.6 Å². The second-order valence-electron chi connectivity index (χ2n) is 4.76. The zero-order valence-electron chi connectivity index (χ0n) is 12.8. The fourth-order valence-electron chi connectivity index (χ4n) is 1.88. The summed E-state index contributed by atoms with van der Waals surface area (Å²) in [6, 6.07) is 11.1. The van der Waals surface area contributed by atoms with Crippen LogP contribution in [0.5, 0.6) is 11.5 Å². The molecule has 0 radical (unpaired) electrons. The van der Waals surface area contributed by atoms with Gasteiger partial charge in [-0.05, 0) is 44.2 Å². The normalized spacial score (nSPS) is 11.7. The second-order valence-corrected chi connectivity index (χ2v) is 5.17. The van der Waals surface area contributed by atoms with Gasteiger partial charge in [-0.3, -0.25) is 4.79 Å². The van der Waals surface area contributed by atoms with Crippen LogP contribution in [-0.4, -0.2) is 18.6 Å². The molecule has 0 saturated carbocycles. The molecule has 2 aromatic rings. The molecule has 122 valence electrons. The molecule has 0 saturated heterocycles. The van der Waals surface area contributed by atoms with Gasteiger partial charge < -0.3 is 14.8 Å². The summed E-state index contributed by atoms with van der Waals surface area (Å²) in [5, 5.41) is 2.57. The second kappa shape index (κ2) is 7.83. The number of amides is 1. The van der Waals surface area contributed by atoms with Gasteiger partial charge in [0.2, 0.25) is 0 Å².